The number of carbonyl (C=O) groups is 2. The Bertz CT molecular complexity index is 1300. The molecule has 3 heterocycles. The molecule has 0 bridgehead atoms. The molecular formula is C27H33N9O4. The van der Waals surface area contributed by atoms with Gasteiger partial charge in [0.05, 0.1) is 7.11 Å². The standard InChI is InChI=1S/C27H33N9O4/c1-39-21-8-4-19(5-9-21)16-28-24-31-25(33-26(32-24)34-36-18-23(37)30-27(36)38)29-17-20-6-10-22(11-7-20)40-15-14-35-12-2-3-13-35/h4-11H,2-3,12-18H2,1H3,(H,30,37,38)(H3,28,29,31,32,33,34). The lowest BCUT2D eigenvalue weighted by atomic mass is 10.2. The van der Waals surface area contributed by atoms with Crippen LogP contribution in [0.3, 0.4) is 0 Å². The third kappa shape index (κ3) is 7.47. The van der Waals surface area contributed by atoms with E-state index in [0.717, 1.165) is 47.3 Å². The molecule has 2 fully saturated rings. The molecule has 0 unspecified atom stereocenters. The van der Waals surface area contributed by atoms with E-state index in [1.54, 1.807) is 7.11 Å². The predicted molar refractivity (Wildman–Crippen MR) is 149 cm³/mol. The number of likely N-dealkylation sites (tertiary alicyclic amines) is 1. The summed E-state index contributed by atoms with van der Waals surface area (Å²) in [7, 11) is 1.62. The minimum atomic E-state index is -0.574. The fourth-order valence-electron chi connectivity index (χ4n) is 4.34. The molecule has 2 saturated heterocycles. The topological polar surface area (TPSA) is 146 Å². The molecule has 0 aliphatic carbocycles. The molecule has 2 aliphatic heterocycles. The summed E-state index contributed by atoms with van der Waals surface area (Å²) < 4.78 is 11.1. The molecule has 40 heavy (non-hydrogen) atoms. The number of hydrogen-bond acceptors (Lipinski definition) is 11. The summed E-state index contributed by atoms with van der Waals surface area (Å²) in [5.41, 5.74) is 4.79. The lowest BCUT2D eigenvalue weighted by molar-refractivity contribution is -0.118. The van der Waals surface area contributed by atoms with Gasteiger partial charge in [0.15, 0.2) is 0 Å². The fraction of sp³-hybridized carbons (Fsp3) is 0.370. The van der Waals surface area contributed by atoms with E-state index in [-0.39, 0.29) is 12.5 Å². The maximum Gasteiger partial charge on any atom is 0.343 e. The first-order valence-corrected chi connectivity index (χ1v) is 13.2. The number of urea groups is 1. The van der Waals surface area contributed by atoms with Gasteiger partial charge in [0.25, 0.3) is 0 Å². The highest BCUT2D eigenvalue weighted by atomic mass is 16.5. The normalized spacial score (nSPS) is 15.2. The molecule has 0 radical (unpaired) electrons. The number of benzene rings is 2. The van der Waals surface area contributed by atoms with E-state index in [1.807, 2.05) is 48.5 Å². The monoisotopic (exact) mass is 547 g/mol. The van der Waals surface area contributed by atoms with Crippen LogP contribution in [0.15, 0.2) is 48.5 Å². The van der Waals surface area contributed by atoms with Crippen LogP contribution < -0.4 is 30.8 Å². The van der Waals surface area contributed by atoms with Crippen molar-refractivity contribution >= 4 is 29.8 Å². The second-order valence-electron chi connectivity index (χ2n) is 9.45. The molecule has 4 N–H and O–H groups in total. The molecule has 3 amide bonds. The molecular weight excluding hydrogens is 514 g/mol. The van der Waals surface area contributed by atoms with Gasteiger partial charge in [-0.05, 0) is 61.3 Å². The van der Waals surface area contributed by atoms with Crippen LogP contribution in [0, 0.1) is 0 Å². The highest BCUT2D eigenvalue weighted by molar-refractivity contribution is 6.02. The molecule has 13 nitrogen and oxygen atoms in total. The molecule has 0 spiro atoms. The van der Waals surface area contributed by atoms with Gasteiger partial charge in [-0.25, -0.2) is 9.80 Å². The number of hydrogen-bond donors (Lipinski definition) is 4. The van der Waals surface area contributed by atoms with Crippen molar-refractivity contribution in [2.75, 3.05) is 56.0 Å². The second-order valence-corrected chi connectivity index (χ2v) is 9.45. The van der Waals surface area contributed by atoms with Gasteiger partial charge in [-0.2, -0.15) is 15.0 Å². The minimum absolute atomic E-state index is 0.112. The van der Waals surface area contributed by atoms with E-state index in [1.165, 1.54) is 12.8 Å². The zero-order valence-electron chi connectivity index (χ0n) is 22.4. The van der Waals surface area contributed by atoms with E-state index >= 15 is 0 Å². The Hall–Kier alpha value is -4.65. The highest BCUT2D eigenvalue weighted by Crippen LogP contribution is 2.17. The number of imide groups is 1. The van der Waals surface area contributed by atoms with Gasteiger partial charge >= 0.3 is 6.03 Å². The first-order chi connectivity index (χ1) is 19.5. The van der Waals surface area contributed by atoms with E-state index < -0.39 is 11.9 Å². The van der Waals surface area contributed by atoms with E-state index in [0.29, 0.717) is 31.6 Å². The summed E-state index contributed by atoms with van der Waals surface area (Å²) in [4.78, 5) is 39.2. The number of carbonyl (C=O) groups excluding carboxylic acids is 2. The van der Waals surface area contributed by atoms with Crippen molar-refractivity contribution in [3.8, 4) is 11.5 Å². The van der Waals surface area contributed by atoms with Crippen LogP contribution in [0.1, 0.15) is 24.0 Å². The van der Waals surface area contributed by atoms with Crippen molar-refractivity contribution in [3.63, 3.8) is 0 Å². The van der Waals surface area contributed by atoms with Crippen LogP contribution in [-0.4, -0.2) is 76.7 Å². The third-order valence-corrected chi connectivity index (χ3v) is 6.52. The Morgan fingerprint density at radius 2 is 1.40 bits per heavy atom. The maximum absolute atomic E-state index is 12.0. The molecule has 0 atom stereocenters. The Labute approximate surface area is 232 Å². The number of nitrogens with one attached hydrogen (secondary N) is 4. The van der Waals surface area contributed by atoms with Crippen LogP contribution in [0.4, 0.5) is 22.6 Å². The summed E-state index contributed by atoms with van der Waals surface area (Å²) in [6, 6.07) is 14.9. The van der Waals surface area contributed by atoms with Gasteiger partial charge in [-0.15, -0.1) is 0 Å². The molecule has 5 rings (SSSR count). The Kier molecular flexibility index (Phi) is 8.71. The van der Waals surface area contributed by atoms with Crippen LogP contribution in [0.25, 0.3) is 0 Å². The van der Waals surface area contributed by atoms with Crippen LogP contribution in [-0.2, 0) is 17.9 Å². The van der Waals surface area contributed by atoms with Crippen LogP contribution >= 0.6 is 0 Å². The van der Waals surface area contributed by atoms with Gasteiger partial charge in [0.2, 0.25) is 23.8 Å². The number of hydrazine groups is 1. The van der Waals surface area contributed by atoms with Crippen LogP contribution in [0.2, 0.25) is 0 Å². The molecule has 1 aromatic heterocycles. The fourth-order valence-corrected chi connectivity index (χ4v) is 4.34. The smallest absolute Gasteiger partial charge is 0.343 e. The number of amides is 3. The predicted octanol–water partition coefficient (Wildman–Crippen LogP) is 2.46. The number of aromatic nitrogens is 3. The van der Waals surface area contributed by atoms with Crippen molar-refractivity contribution in [1.82, 2.24) is 30.2 Å². The zero-order valence-corrected chi connectivity index (χ0v) is 22.4. The van der Waals surface area contributed by atoms with Crippen molar-refractivity contribution < 1.29 is 19.1 Å². The first kappa shape index (κ1) is 26.9. The molecule has 3 aromatic rings. The lowest BCUT2D eigenvalue weighted by Crippen LogP contribution is -2.34. The van der Waals surface area contributed by atoms with E-state index in [9.17, 15) is 9.59 Å². The van der Waals surface area contributed by atoms with Crippen molar-refractivity contribution in [2.45, 2.75) is 25.9 Å². The Morgan fingerprint density at radius 3 is 1.95 bits per heavy atom. The third-order valence-electron chi connectivity index (χ3n) is 6.52. The van der Waals surface area contributed by atoms with Gasteiger partial charge in [-0.1, -0.05) is 24.3 Å². The summed E-state index contributed by atoms with van der Waals surface area (Å²) in [5, 5.41) is 9.71. The average molecular weight is 548 g/mol. The van der Waals surface area contributed by atoms with Crippen molar-refractivity contribution in [3.05, 3.63) is 59.7 Å². The highest BCUT2D eigenvalue weighted by Gasteiger charge is 2.27. The summed E-state index contributed by atoms with van der Waals surface area (Å²) in [5.74, 6) is 1.89. The Balaban J connectivity index is 1.21. The number of rotatable bonds is 13. The largest absolute Gasteiger partial charge is 0.497 e. The van der Waals surface area contributed by atoms with Crippen molar-refractivity contribution in [2.24, 2.45) is 0 Å². The Morgan fingerprint density at radius 1 is 0.825 bits per heavy atom. The number of ether oxygens (including phenoxy) is 2. The summed E-state index contributed by atoms with van der Waals surface area (Å²) in [6.45, 7) is 4.70. The van der Waals surface area contributed by atoms with Gasteiger partial charge in [-0.3, -0.25) is 20.4 Å². The molecule has 13 heteroatoms. The number of nitrogens with zero attached hydrogens (tertiary/aromatic N) is 5. The molecule has 0 saturated carbocycles. The second kappa shape index (κ2) is 12.9. The average Bonchev–Trinajstić information content (AvgIpc) is 3.60. The summed E-state index contributed by atoms with van der Waals surface area (Å²) in [6.07, 6.45) is 2.54. The molecule has 210 valence electrons. The SMILES string of the molecule is COc1ccc(CNc2nc(NCc3ccc(OCCN4CCCC4)cc3)nc(NN3CC(=O)NC3=O)n2)cc1. The van der Waals surface area contributed by atoms with Gasteiger partial charge < -0.3 is 20.1 Å². The lowest BCUT2D eigenvalue weighted by Gasteiger charge is -2.16. The molecule has 2 aromatic carbocycles. The maximum atomic E-state index is 12.0. The van der Waals surface area contributed by atoms with Crippen molar-refractivity contribution in [1.29, 1.82) is 0 Å². The van der Waals surface area contributed by atoms with E-state index in [4.69, 9.17) is 9.47 Å². The quantitative estimate of drug-likeness (QED) is 0.234. The van der Waals surface area contributed by atoms with Gasteiger partial charge in [0, 0.05) is 19.6 Å². The first-order valence-electron chi connectivity index (χ1n) is 13.2. The van der Waals surface area contributed by atoms with Crippen LogP contribution in [0.5, 0.6) is 11.5 Å². The number of anilines is 3. The van der Waals surface area contributed by atoms with E-state index in [2.05, 4.69) is 41.2 Å². The summed E-state index contributed by atoms with van der Waals surface area (Å²) >= 11 is 0. The molecule has 2 aliphatic rings. The zero-order chi connectivity index (χ0) is 27.7. The number of methoxy groups -OCH3 is 1. The minimum Gasteiger partial charge on any atom is -0.497 e. The van der Waals surface area contributed by atoms with Gasteiger partial charge in [0.1, 0.15) is 24.7 Å².